The topological polar surface area (TPSA) is 109 Å². The third kappa shape index (κ3) is 6.60. The molecule has 2 aliphatic rings. The van der Waals surface area contributed by atoms with Crippen LogP contribution in [0.5, 0.6) is 0 Å². The normalized spacial score (nSPS) is 13.9. The van der Waals surface area contributed by atoms with Gasteiger partial charge in [0.05, 0.1) is 25.6 Å². The van der Waals surface area contributed by atoms with Crippen LogP contribution in [0.2, 0.25) is 0 Å². The molecule has 240 valence electrons. The molecule has 1 N–H and O–H groups in total. The van der Waals surface area contributed by atoms with Crippen molar-refractivity contribution >= 4 is 35.9 Å². The molecule has 0 unspecified atom stereocenters. The van der Waals surface area contributed by atoms with Gasteiger partial charge in [-0.25, -0.2) is 0 Å². The van der Waals surface area contributed by atoms with Gasteiger partial charge < -0.3 is 24.4 Å². The molecule has 8 nitrogen and oxygen atoms in total. The van der Waals surface area contributed by atoms with E-state index in [2.05, 4.69) is 64.8 Å². The van der Waals surface area contributed by atoms with Crippen molar-refractivity contribution < 1.29 is 35.6 Å². The van der Waals surface area contributed by atoms with Crippen molar-refractivity contribution in [1.29, 1.82) is 0 Å². The molecule has 0 amide bonds. The maximum atomic E-state index is 12.2. The van der Waals surface area contributed by atoms with Gasteiger partial charge in [0, 0.05) is 30.7 Å². The van der Waals surface area contributed by atoms with E-state index in [9.17, 15) is 9.59 Å². The summed E-state index contributed by atoms with van der Waals surface area (Å²) in [6.07, 6.45) is 10.2. The number of carbonyl (C=O) groups excluding carboxylic acids is 2. The van der Waals surface area contributed by atoms with Gasteiger partial charge in [-0.3, -0.25) is 14.6 Å². The molecular formula is C36H42N4NiO4. The molecule has 45 heavy (non-hydrogen) atoms. The Hall–Kier alpha value is -3.84. The monoisotopic (exact) mass is 652 g/mol. The molecule has 9 heteroatoms. The summed E-state index contributed by atoms with van der Waals surface area (Å²) in [4.78, 5) is 43.4. The Balaban J connectivity index is 0.00000461. The van der Waals surface area contributed by atoms with Crippen molar-refractivity contribution in [3.05, 3.63) is 83.7 Å². The SMILES string of the molecule is CCc1c2[n-]c(c1C)C=C1N=C(Cc3[nH]c(c(C)c3CCC(=O)OC)C=c3[n-]c(c(C)c3CC)=C2)C(CCC(=O)OC)=C1C.[Ni+2]. The average Bonchev–Trinajstić information content (AvgIpc) is 3.67. The van der Waals surface area contributed by atoms with Crippen molar-refractivity contribution in [1.82, 2.24) is 15.0 Å². The Kier molecular flexibility index (Phi) is 10.6. The number of esters is 2. The number of H-pyrrole nitrogens is 1. The van der Waals surface area contributed by atoms with E-state index >= 15 is 0 Å². The molecule has 0 spiro atoms. The van der Waals surface area contributed by atoms with Crippen LogP contribution < -0.4 is 20.7 Å². The minimum absolute atomic E-state index is 0. The fraction of sp³-hybridized carbons (Fsp3) is 0.417. The third-order valence-electron chi connectivity index (χ3n) is 9.21. The second-order valence-electron chi connectivity index (χ2n) is 11.6. The molecule has 5 heterocycles. The second kappa shape index (κ2) is 14.1. The van der Waals surface area contributed by atoms with Gasteiger partial charge in [-0.2, -0.15) is 0 Å². The van der Waals surface area contributed by atoms with Gasteiger partial charge in [0.15, 0.2) is 0 Å². The average molecular weight is 653 g/mol. The van der Waals surface area contributed by atoms with Gasteiger partial charge >= 0.3 is 28.4 Å². The summed E-state index contributed by atoms with van der Waals surface area (Å²) in [6, 6.07) is 0. The standard InChI is InChI=1S/C36H42N4O4.Ni/c1-9-23-19(3)27-15-28-21(5)25(11-13-35(41)43-7)33(39-28)18-34-26(12-14-36(42)44-8)22(6)30(40-34)17-32-24(10-2)20(4)29(38-32)16-31(23)37-27;/h15-17H,9-14,18H2,1-8H3,(H-2,37,38,39,40);/q-2;+2. The number of fused-ring (bicyclic) bond motifs is 7. The van der Waals surface area contributed by atoms with Gasteiger partial charge in [-0.15, -0.1) is 22.1 Å². The van der Waals surface area contributed by atoms with Gasteiger partial charge in [0.1, 0.15) is 0 Å². The molecule has 3 aromatic rings. The Labute approximate surface area is 275 Å². The van der Waals surface area contributed by atoms with Crippen LogP contribution in [-0.2, 0) is 61.2 Å². The molecular weight excluding hydrogens is 611 g/mol. The van der Waals surface area contributed by atoms with Crippen LogP contribution in [0.25, 0.3) is 18.2 Å². The van der Waals surface area contributed by atoms with Crippen molar-refractivity contribution in [2.45, 2.75) is 86.5 Å². The summed E-state index contributed by atoms with van der Waals surface area (Å²) >= 11 is 0. The molecule has 0 aliphatic carbocycles. The summed E-state index contributed by atoms with van der Waals surface area (Å²) in [7, 11) is 2.83. The summed E-state index contributed by atoms with van der Waals surface area (Å²) in [5.41, 5.74) is 14.5. The van der Waals surface area contributed by atoms with Crippen LogP contribution >= 0.6 is 0 Å². The second-order valence-corrected chi connectivity index (χ2v) is 11.6. The Bertz CT molecular complexity index is 1860. The summed E-state index contributed by atoms with van der Waals surface area (Å²) < 4.78 is 9.93. The Morgan fingerprint density at radius 1 is 0.800 bits per heavy atom. The minimum atomic E-state index is -0.253. The maximum absolute atomic E-state index is 12.2. The zero-order valence-corrected chi connectivity index (χ0v) is 28.5. The molecule has 2 aliphatic heterocycles. The largest absolute Gasteiger partial charge is 2.00 e. The first-order chi connectivity index (χ1) is 21.1. The molecule has 0 radical (unpaired) electrons. The van der Waals surface area contributed by atoms with E-state index in [0.717, 1.165) is 85.6 Å². The van der Waals surface area contributed by atoms with Crippen LogP contribution in [0.15, 0.2) is 21.8 Å². The van der Waals surface area contributed by atoms with Crippen molar-refractivity contribution in [2.24, 2.45) is 4.99 Å². The van der Waals surface area contributed by atoms with Crippen molar-refractivity contribution in [3.63, 3.8) is 0 Å². The van der Waals surface area contributed by atoms with Crippen LogP contribution in [0, 0.1) is 20.8 Å². The molecule has 0 aromatic carbocycles. The van der Waals surface area contributed by atoms with Gasteiger partial charge in [0.25, 0.3) is 0 Å². The molecule has 3 aromatic heterocycles. The number of nitrogens with one attached hydrogen (secondary N) is 1. The van der Waals surface area contributed by atoms with Crippen molar-refractivity contribution in [3.8, 4) is 0 Å². The summed E-state index contributed by atoms with van der Waals surface area (Å²) in [6.45, 7) is 12.7. The number of aromatic amines is 1. The van der Waals surface area contributed by atoms with E-state index in [1.54, 1.807) is 0 Å². The number of carbonyl (C=O) groups is 2. The van der Waals surface area contributed by atoms with E-state index in [-0.39, 0.29) is 41.3 Å². The van der Waals surface area contributed by atoms with Gasteiger partial charge in [-0.05, 0) is 75.7 Å². The molecule has 0 atom stereocenters. The van der Waals surface area contributed by atoms with Gasteiger partial charge in [-0.1, -0.05) is 54.3 Å². The minimum Gasteiger partial charge on any atom is -0.657 e. The van der Waals surface area contributed by atoms with E-state index in [0.29, 0.717) is 19.3 Å². The number of methoxy groups -OCH3 is 2. The number of allylic oxidation sites excluding steroid dienone is 2. The Morgan fingerprint density at radius 2 is 1.47 bits per heavy atom. The van der Waals surface area contributed by atoms with Crippen LogP contribution in [0.4, 0.5) is 0 Å². The predicted molar refractivity (Wildman–Crippen MR) is 173 cm³/mol. The number of hydrogen-bond donors (Lipinski definition) is 1. The zero-order chi connectivity index (χ0) is 31.7. The fourth-order valence-electron chi connectivity index (χ4n) is 6.53. The Morgan fingerprint density at radius 3 is 2.11 bits per heavy atom. The third-order valence-corrected chi connectivity index (χ3v) is 9.21. The fourth-order valence-corrected chi connectivity index (χ4v) is 6.53. The molecule has 5 rings (SSSR count). The first-order valence-corrected chi connectivity index (χ1v) is 15.4. The smallest absolute Gasteiger partial charge is 0.657 e. The molecule has 0 fully saturated rings. The van der Waals surface area contributed by atoms with E-state index in [4.69, 9.17) is 24.4 Å². The zero-order valence-electron chi connectivity index (χ0n) is 27.5. The first kappa shape index (κ1) is 34.0. The van der Waals surface area contributed by atoms with E-state index < -0.39 is 0 Å². The number of aromatic nitrogens is 3. The quantitative estimate of drug-likeness (QED) is 0.286. The first-order valence-electron chi connectivity index (χ1n) is 15.4. The number of hydrogen-bond acceptors (Lipinski definition) is 5. The number of aliphatic imine (C=N–C) groups is 1. The molecule has 0 saturated carbocycles. The van der Waals surface area contributed by atoms with Crippen LogP contribution in [0.1, 0.15) is 96.2 Å². The summed E-state index contributed by atoms with van der Waals surface area (Å²) in [5.74, 6) is -0.500. The number of nitrogens with zero attached hydrogens (tertiary/aromatic N) is 3. The van der Waals surface area contributed by atoms with E-state index in [1.807, 2.05) is 0 Å². The van der Waals surface area contributed by atoms with E-state index in [1.165, 1.54) is 30.9 Å². The van der Waals surface area contributed by atoms with Crippen molar-refractivity contribution in [2.75, 3.05) is 14.2 Å². The molecule has 0 saturated heterocycles. The summed E-state index contributed by atoms with van der Waals surface area (Å²) in [5, 5.41) is 1.87. The number of rotatable bonds is 8. The van der Waals surface area contributed by atoms with Crippen LogP contribution in [0.3, 0.4) is 0 Å². The maximum Gasteiger partial charge on any atom is 2.00 e. The molecule has 8 bridgehead atoms. The number of ether oxygens (including phenoxy) is 2. The van der Waals surface area contributed by atoms with Gasteiger partial charge in [0.2, 0.25) is 0 Å². The predicted octanol–water partition coefficient (Wildman–Crippen LogP) is 4.36. The van der Waals surface area contributed by atoms with Crippen LogP contribution in [-0.4, -0.2) is 36.9 Å².